The van der Waals surface area contributed by atoms with E-state index in [9.17, 15) is 45.3 Å². The molecule has 2 heterocycles. The molecule has 2 saturated heterocycles. The number of carbonyl (C=O) groups excluding carboxylic acids is 2. The third-order valence-electron chi connectivity index (χ3n) is 11.3. The van der Waals surface area contributed by atoms with E-state index in [1.807, 2.05) is 0 Å². The fourth-order valence-corrected chi connectivity index (χ4v) is 7.30. The van der Waals surface area contributed by atoms with Gasteiger partial charge in [-0.15, -0.1) is 0 Å². The van der Waals surface area contributed by atoms with Crippen molar-refractivity contribution in [2.24, 2.45) is 0 Å². The quantitative estimate of drug-likeness (QED) is 0.0225. The number of ether oxygens (including phenoxy) is 6. The minimum atomic E-state index is -1.77. The van der Waals surface area contributed by atoms with Gasteiger partial charge in [0.05, 0.1) is 19.8 Å². The van der Waals surface area contributed by atoms with Gasteiger partial charge in [-0.2, -0.15) is 0 Å². The van der Waals surface area contributed by atoms with Crippen LogP contribution in [0.1, 0.15) is 162 Å². The van der Waals surface area contributed by atoms with Gasteiger partial charge in [0, 0.05) is 12.8 Å². The first-order valence-corrected chi connectivity index (χ1v) is 24.1. The van der Waals surface area contributed by atoms with Crippen LogP contribution < -0.4 is 0 Å². The average Bonchev–Trinajstić information content (AvgIpc) is 3.28. The van der Waals surface area contributed by atoms with Gasteiger partial charge in [0.1, 0.15) is 55.4 Å². The summed E-state index contributed by atoms with van der Waals surface area (Å²) in [6.07, 6.45) is 18.9. The van der Waals surface area contributed by atoms with Crippen LogP contribution in [0.5, 0.6) is 0 Å². The van der Waals surface area contributed by atoms with Gasteiger partial charge in [-0.25, -0.2) is 0 Å². The van der Waals surface area contributed by atoms with Crippen molar-refractivity contribution < 1.29 is 73.8 Å². The molecule has 7 N–H and O–H groups in total. The van der Waals surface area contributed by atoms with E-state index in [1.165, 1.54) is 38.5 Å². The fraction of sp³-hybridized carbons (Fsp3) is 0.833. The van der Waals surface area contributed by atoms with Crippen molar-refractivity contribution >= 4 is 11.9 Å². The highest BCUT2D eigenvalue weighted by molar-refractivity contribution is 5.70. The molecule has 0 aliphatic carbocycles. The van der Waals surface area contributed by atoms with E-state index >= 15 is 0 Å². The second-order valence-electron chi connectivity index (χ2n) is 16.9. The molecule has 2 fully saturated rings. The van der Waals surface area contributed by atoms with Crippen molar-refractivity contribution in [2.75, 3.05) is 26.4 Å². The number of aliphatic hydroxyl groups excluding tert-OH is 7. The van der Waals surface area contributed by atoms with Gasteiger partial charge in [-0.1, -0.05) is 115 Å². The number of carbonyl (C=O) groups is 2. The Morgan fingerprint density at radius 2 is 0.952 bits per heavy atom. The Morgan fingerprint density at radius 3 is 1.49 bits per heavy atom. The highest BCUT2D eigenvalue weighted by Gasteiger charge is 2.47. The number of hydrogen-bond acceptors (Lipinski definition) is 15. The zero-order chi connectivity index (χ0) is 46.1. The normalized spacial score (nSPS) is 27.1. The van der Waals surface area contributed by atoms with Crippen LogP contribution in [0.2, 0.25) is 0 Å². The minimum absolute atomic E-state index is 0.151. The van der Waals surface area contributed by atoms with E-state index in [4.69, 9.17) is 28.4 Å². The highest BCUT2D eigenvalue weighted by atomic mass is 16.7. The Bertz CT molecular complexity index is 1240. The standard InChI is InChI=1S/C48H84O15/c1-3-5-7-9-11-13-15-17-18-19-21-22-24-26-28-30-39(50)58-33-36(61-40(51)31-29-27-25-23-20-16-14-12-10-8-6-4-2)34-59-47-46(57)44(55)42(53)38(63-47)35-60-48-45(56)43(54)41(52)37(32-49)62-48/h11-14,17-18,36-38,41-49,52-57H,3-10,15-16,19-35H2,1-2H3/b13-11+,14-12+,18-17+/t36-,37-,38-,41+,42+,43?,44?,45?,46?,47-,48-/m1/s1. The van der Waals surface area contributed by atoms with Crippen molar-refractivity contribution in [3.8, 4) is 0 Å². The molecule has 63 heavy (non-hydrogen) atoms. The van der Waals surface area contributed by atoms with Crippen molar-refractivity contribution in [1.29, 1.82) is 0 Å². The third-order valence-corrected chi connectivity index (χ3v) is 11.3. The van der Waals surface area contributed by atoms with Gasteiger partial charge in [0.15, 0.2) is 18.7 Å². The van der Waals surface area contributed by atoms with Crippen LogP contribution in [0.4, 0.5) is 0 Å². The van der Waals surface area contributed by atoms with E-state index in [0.29, 0.717) is 12.8 Å². The lowest BCUT2D eigenvalue weighted by molar-refractivity contribution is -0.332. The molecule has 0 bridgehead atoms. The van der Waals surface area contributed by atoms with Gasteiger partial charge in [-0.3, -0.25) is 9.59 Å². The van der Waals surface area contributed by atoms with Crippen LogP contribution in [0.25, 0.3) is 0 Å². The molecule has 0 amide bonds. The summed E-state index contributed by atoms with van der Waals surface area (Å²) < 4.78 is 33.5. The van der Waals surface area contributed by atoms with Crippen LogP contribution >= 0.6 is 0 Å². The maximum absolute atomic E-state index is 12.9. The Hall–Kier alpha value is -2.28. The molecule has 2 rings (SSSR count). The van der Waals surface area contributed by atoms with Crippen molar-refractivity contribution in [2.45, 2.75) is 229 Å². The molecule has 0 spiro atoms. The molecule has 2 aliphatic heterocycles. The number of rotatable bonds is 36. The molecule has 15 heteroatoms. The number of hydrogen-bond donors (Lipinski definition) is 7. The maximum atomic E-state index is 12.9. The van der Waals surface area contributed by atoms with Gasteiger partial charge < -0.3 is 64.2 Å². The van der Waals surface area contributed by atoms with Crippen LogP contribution in [-0.2, 0) is 38.0 Å². The van der Waals surface area contributed by atoms with Crippen LogP contribution in [-0.4, -0.2) is 142 Å². The lowest BCUT2D eigenvalue weighted by Crippen LogP contribution is -2.61. The van der Waals surface area contributed by atoms with Crippen LogP contribution in [0, 0.1) is 0 Å². The van der Waals surface area contributed by atoms with Gasteiger partial charge in [0.25, 0.3) is 0 Å². The summed E-state index contributed by atoms with van der Waals surface area (Å²) in [5, 5.41) is 71.9. The monoisotopic (exact) mass is 901 g/mol. The summed E-state index contributed by atoms with van der Waals surface area (Å²) in [5.41, 5.74) is 0. The minimum Gasteiger partial charge on any atom is -0.462 e. The fourth-order valence-electron chi connectivity index (χ4n) is 7.30. The molecule has 2 aliphatic rings. The Kier molecular flexibility index (Phi) is 32.4. The van der Waals surface area contributed by atoms with Gasteiger partial charge >= 0.3 is 11.9 Å². The topological polar surface area (TPSA) is 231 Å². The summed E-state index contributed by atoms with van der Waals surface area (Å²) in [7, 11) is 0. The molecule has 15 nitrogen and oxygen atoms in total. The molecule has 366 valence electrons. The van der Waals surface area contributed by atoms with E-state index in [2.05, 4.69) is 50.3 Å². The molecular formula is C48H84O15. The lowest BCUT2D eigenvalue weighted by Gasteiger charge is -2.42. The van der Waals surface area contributed by atoms with Gasteiger partial charge in [-0.05, 0) is 70.6 Å². The second-order valence-corrected chi connectivity index (χ2v) is 16.9. The maximum Gasteiger partial charge on any atom is 0.306 e. The number of esters is 2. The Morgan fingerprint density at radius 1 is 0.508 bits per heavy atom. The molecule has 0 aromatic heterocycles. The highest BCUT2D eigenvalue weighted by Crippen LogP contribution is 2.26. The van der Waals surface area contributed by atoms with Crippen molar-refractivity contribution in [1.82, 2.24) is 0 Å². The molecule has 0 radical (unpaired) electrons. The molecule has 0 aromatic carbocycles. The predicted molar refractivity (Wildman–Crippen MR) is 238 cm³/mol. The Balaban J connectivity index is 1.85. The molecular weight excluding hydrogens is 817 g/mol. The zero-order valence-electron chi connectivity index (χ0n) is 38.3. The molecule has 0 saturated carbocycles. The van der Waals surface area contributed by atoms with Crippen LogP contribution in [0.3, 0.4) is 0 Å². The first-order valence-electron chi connectivity index (χ1n) is 24.1. The molecule has 11 atom stereocenters. The lowest BCUT2D eigenvalue weighted by atomic mass is 9.98. The summed E-state index contributed by atoms with van der Waals surface area (Å²) in [6.45, 7) is 2.49. The number of unbranched alkanes of at least 4 members (excludes halogenated alkanes) is 16. The van der Waals surface area contributed by atoms with Crippen molar-refractivity contribution in [3.05, 3.63) is 36.5 Å². The van der Waals surface area contributed by atoms with Gasteiger partial charge in [0.2, 0.25) is 0 Å². The molecule has 0 aromatic rings. The van der Waals surface area contributed by atoms with Crippen molar-refractivity contribution in [3.63, 3.8) is 0 Å². The van der Waals surface area contributed by atoms with E-state index < -0.39 is 92.7 Å². The summed E-state index contributed by atoms with van der Waals surface area (Å²) in [5.74, 6) is -0.954. The summed E-state index contributed by atoms with van der Waals surface area (Å²) in [4.78, 5) is 25.7. The smallest absolute Gasteiger partial charge is 0.306 e. The predicted octanol–water partition coefficient (Wildman–Crippen LogP) is 5.76. The van der Waals surface area contributed by atoms with E-state index in [1.54, 1.807) is 0 Å². The largest absolute Gasteiger partial charge is 0.462 e. The zero-order valence-corrected chi connectivity index (χ0v) is 38.3. The number of allylic oxidation sites excluding steroid dienone is 6. The summed E-state index contributed by atoms with van der Waals surface area (Å²) >= 11 is 0. The number of aliphatic hydroxyl groups is 7. The summed E-state index contributed by atoms with van der Waals surface area (Å²) in [6, 6.07) is 0. The second kappa shape index (κ2) is 35.9. The molecule has 4 unspecified atom stereocenters. The van der Waals surface area contributed by atoms with E-state index in [-0.39, 0.29) is 26.1 Å². The first-order chi connectivity index (χ1) is 30.5. The average molecular weight is 901 g/mol. The Labute approximate surface area is 376 Å². The van der Waals surface area contributed by atoms with Crippen LogP contribution in [0.15, 0.2) is 36.5 Å². The van der Waals surface area contributed by atoms with E-state index in [0.717, 1.165) is 83.5 Å². The SMILES string of the molecule is CCCCC/C=C/C/C=C/CCCCCCCC(=O)OC[C@H](CO[C@@H]1O[C@H](CO[C@@H]2O[C@H](CO)[C@H](O)C(O)C2O)[C@H](O)C(O)C1O)OC(=O)CCCCCCC/C=C/CCCCC. The first kappa shape index (κ1) is 56.8. The third kappa shape index (κ3) is 24.7.